The molecule has 0 aliphatic rings. The highest BCUT2D eigenvalue weighted by Crippen LogP contribution is 2.33. The molecule has 0 unspecified atom stereocenters. The van der Waals surface area contributed by atoms with Gasteiger partial charge in [-0.3, -0.25) is 4.98 Å². The third-order valence-corrected chi connectivity index (χ3v) is 3.56. The monoisotopic (exact) mass is 285 g/mol. The van der Waals surface area contributed by atoms with Gasteiger partial charge in [-0.25, -0.2) is 0 Å². The standard InChI is InChI=1S/C17H23N3O/c1-13(18)17-15(8-6-9-16(17)21-3)20(2)12-10-14-7-4-5-11-19-14/h4-9,11,13H,10,12,18H2,1-3H3/t13-/m0/s1. The van der Waals surface area contributed by atoms with Crippen LogP contribution in [-0.2, 0) is 6.42 Å². The van der Waals surface area contributed by atoms with Crippen LogP contribution in [0.1, 0.15) is 24.2 Å². The van der Waals surface area contributed by atoms with Crippen LogP contribution in [0.15, 0.2) is 42.6 Å². The van der Waals surface area contributed by atoms with Crippen molar-refractivity contribution in [2.75, 3.05) is 25.6 Å². The molecule has 0 saturated carbocycles. The van der Waals surface area contributed by atoms with Gasteiger partial charge in [0.25, 0.3) is 0 Å². The number of anilines is 1. The highest BCUT2D eigenvalue weighted by Gasteiger charge is 2.15. The fourth-order valence-corrected chi connectivity index (χ4v) is 2.45. The maximum absolute atomic E-state index is 6.12. The topological polar surface area (TPSA) is 51.4 Å². The van der Waals surface area contributed by atoms with Gasteiger partial charge >= 0.3 is 0 Å². The van der Waals surface area contributed by atoms with Crippen molar-refractivity contribution < 1.29 is 4.74 Å². The fourth-order valence-electron chi connectivity index (χ4n) is 2.45. The molecular weight excluding hydrogens is 262 g/mol. The Morgan fingerprint density at radius 2 is 2.05 bits per heavy atom. The molecule has 0 saturated heterocycles. The van der Waals surface area contributed by atoms with E-state index in [9.17, 15) is 0 Å². The zero-order valence-electron chi connectivity index (χ0n) is 12.9. The van der Waals surface area contributed by atoms with Gasteiger partial charge in [-0.05, 0) is 31.2 Å². The van der Waals surface area contributed by atoms with E-state index in [0.717, 1.165) is 35.7 Å². The molecule has 0 fully saturated rings. The number of hydrogen-bond acceptors (Lipinski definition) is 4. The van der Waals surface area contributed by atoms with Gasteiger partial charge in [-0.2, -0.15) is 0 Å². The molecule has 0 radical (unpaired) electrons. The zero-order chi connectivity index (χ0) is 15.2. The summed E-state index contributed by atoms with van der Waals surface area (Å²) in [6, 6.07) is 12.0. The lowest BCUT2D eigenvalue weighted by Gasteiger charge is -2.25. The minimum atomic E-state index is -0.0755. The lowest BCUT2D eigenvalue weighted by atomic mass is 10.0. The van der Waals surface area contributed by atoms with Crippen LogP contribution in [-0.4, -0.2) is 25.7 Å². The summed E-state index contributed by atoms with van der Waals surface area (Å²) in [6.45, 7) is 2.86. The number of methoxy groups -OCH3 is 1. The van der Waals surface area contributed by atoms with Crippen molar-refractivity contribution >= 4 is 5.69 Å². The predicted molar refractivity (Wildman–Crippen MR) is 86.8 cm³/mol. The molecule has 0 amide bonds. The first-order valence-electron chi connectivity index (χ1n) is 7.17. The van der Waals surface area contributed by atoms with Crippen molar-refractivity contribution in [3.63, 3.8) is 0 Å². The lowest BCUT2D eigenvalue weighted by molar-refractivity contribution is 0.407. The Morgan fingerprint density at radius 1 is 1.24 bits per heavy atom. The van der Waals surface area contributed by atoms with E-state index in [1.165, 1.54) is 0 Å². The van der Waals surface area contributed by atoms with Gasteiger partial charge in [0.1, 0.15) is 5.75 Å². The Kier molecular flexibility index (Phi) is 5.17. The number of likely N-dealkylation sites (N-methyl/N-ethyl adjacent to an activating group) is 1. The van der Waals surface area contributed by atoms with Gasteiger partial charge in [-0.15, -0.1) is 0 Å². The van der Waals surface area contributed by atoms with Gasteiger partial charge in [0, 0.05) is 49.2 Å². The van der Waals surface area contributed by atoms with Crippen molar-refractivity contribution in [1.82, 2.24) is 4.98 Å². The number of nitrogens with two attached hydrogens (primary N) is 1. The van der Waals surface area contributed by atoms with Crippen molar-refractivity contribution in [2.45, 2.75) is 19.4 Å². The van der Waals surface area contributed by atoms with Gasteiger partial charge < -0.3 is 15.4 Å². The lowest BCUT2D eigenvalue weighted by Crippen LogP contribution is -2.23. The number of aromatic nitrogens is 1. The number of pyridine rings is 1. The number of benzene rings is 1. The maximum atomic E-state index is 6.12. The molecule has 1 aromatic heterocycles. The molecule has 0 spiro atoms. The van der Waals surface area contributed by atoms with Crippen LogP contribution in [0.5, 0.6) is 5.75 Å². The minimum absolute atomic E-state index is 0.0755. The maximum Gasteiger partial charge on any atom is 0.125 e. The van der Waals surface area contributed by atoms with Crippen molar-refractivity contribution in [3.8, 4) is 5.75 Å². The first-order valence-corrected chi connectivity index (χ1v) is 7.17. The van der Waals surface area contributed by atoms with E-state index in [0.29, 0.717) is 0 Å². The van der Waals surface area contributed by atoms with Gasteiger partial charge in [0.05, 0.1) is 7.11 Å². The molecule has 0 aliphatic carbocycles. The molecule has 0 aliphatic heterocycles. The molecule has 112 valence electrons. The summed E-state index contributed by atoms with van der Waals surface area (Å²) >= 11 is 0. The van der Waals surface area contributed by atoms with Gasteiger partial charge in [0.15, 0.2) is 0 Å². The highest BCUT2D eigenvalue weighted by molar-refractivity contribution is 5.60. The van der Waals surface area contributed by atoms with E-state index in [1.807, 2.05) is 43.5 Å². The van der Waals surface area contributed by atoms with Crippen LogP contribution in [0.3, 0.4) is 0 Å². The Hall–Kier alpha value is -2.07. The SMILES string of the molecule is COc1cccc(N(C)CCc2ccccn2)c1[C@H](C)N. The number of ether oxygens (including phenoxy) is 1. The molecule has 2 N–H and O–H groups in total. The second kappa shape index (κ2) is 7.09. The average molecular weight is 285 g/mol. The third kappa shape index (κ3) is 3.73. The Morgan fingerprint density at radius 3 is 2.67 bits per heavy atom. The van der Waals surface area contributed by atoms with E-state index in [1.54, 1.807) is 7.11 Å². The summed E-state index contributed by atoms with van der Waals surface area (Å²) in [5, 5.41) is 0. The van der Waals surface area contributed by atoms with E-state index in [-0.39, 0.29) is 6.04 Å². The quantitative estimate of drug-likeness (QED) is 0.886. The first kappa shape index (κ1) is 15.3. The molecular formula is C17H23N3O. The molecule has 2 aromatic rings. The summed E-state index contributed by atoms with van der Waals surface area (Å²) in [5.74, 6) is 0.840. The van der Waals surface area contributed by atoms with Crippen molar-refractivity contribution in [3.05, 3.63) is 53.9 Å². The Balaban J connectivity index is 2.17. The van der Waals surface area contributed by atoms with Crippen LogP contribution in [0, 0.1) is 0 Å². The Bertz CT molecular complexity index is 570. The smallest absolute Gasteiger partial charge is 0.125 e. The first-order chi connectivity index (χ1) is 10.1. The number of hydrogen-bond donors (Lipinski definition) is 1. The third-order valence-electron chi connectivity index (χ3n) is 3.56. The fraction of sp³-hybridized carbons (Fsp3) is 0.353. The van der Waals surface area contributed by atoms with Crippen LogP contribution in [0.25, 0.3) is 0 Å². The van der Waals surface area contributed by atoms with E-state index in [4.69, 9.17) is 10.5 Å². The summed E-state index contributed by atoms with van der Waals surface area (Å²) in [6.07, 6.45) is 2.72. The normalized spacial score (nSPS) is 12.0. The van der Waals surface area contributed by atoms with E-state index < -0.39 is 0 Å². The van der Waals surface area contributed by atoms with Gasteiger partial charge in [-0.1, -0.05) is 12.1 Å². The second-order valence-electron chi connectivity index (χ2n) is 5.17. The van der Waals surface area contributed by atoms with Crippen LogP contribution in [0.2, 0.25) is 0 Å². The molecule has 1 aromatic carbocycles. The summed E-state index contributed by atoms with van der Waals surface area (Å²) in [5.41, 5.74) is 9.37. The molecule has 0 bridgehead atoms. The molecule has 2 rings (SSSR count). The average Bonchev–Trinajstić information content (AvgIpc) is 2.52. The van der Waals surface area contributed by atoms with Crippen LogP contribution < -0.4 is 15.4 Å². The summed E-state index contributed by atoms with van der Waals surface area (Å²) in [4.78, 5) is 6.56. The molecule has 4 nitrogen and oxygen atoms in total. The second-order valence-corrected chi connectivity index (χ2v) is 5.17. The molecule has 1 heterocycles. The predicted octanol–water partition coefficient (Wildman–Crippen LogP) is 2.79. The summed E-state index contributed by atoms with van der Waals surface area (Å²) in [7, 11) is 3.75. The summed E-state index contributed by atoms with van der Waals surface area (Å²) < 4.78 is 5.44. The van der Waals surface area contributed by atoms with Gasteiger partial charge in [0.2, 0.25) is 0 Å². The molecule has 4 heteroatoms. The van der Waals surface area contributed by atoms with Crippen LogP contribution >= 0.6 is 0 Å². The largest absolute Gasteiger partial charge is 0.496 e. The number of rotatable bonds is 6. The van der Waals surface area contributed by atoms with E-state index >= 15 is 0 Å². The number of nitrogens with zero attached hydrogens (tertiary/aromatic N) is 2. The van der Waals surface area contributed by atoms with Crippen LogP contribution in [0.4, 0.5) is 5.69 Å². The van der Waals surface area contributed by atoms with Crippen molar-refractivity contribution in [2.24, 2.45) is 5.73 Å². The highest BCUT2D eigenvalue weighted by atomic mass is 16.5. The Labute approximate surface area is 126 Å². The van der Waals surface area contributed by atoms with Crippen molar-refractivity contribution in [1.29, 1.82) is 0 Å². The molecule has 21 heavy (non-hydrogen) atoms. The van der Waals surface area contributed by atoms with E-state index in [2.05, 4.69) is 23.0 Å². The minimum Gasteiger partial charge on any atom is -0.496 e. The molecule has 1 atom stereocenters. The zero-order valence-corrected chi connectivity index (χ0v) is 12.9.